The largest absolute Gasteiger partial charge is 0.507 e. The molecule has 0 radical (unpaired) electrons. The molecular weight excluding hydrogens is 452 g/mol. The minimum atomic E-state index is -3.87. The van der Waals surface area contributed by atoms with Crippen molar-refractivity contribution in [2.24, 2.45) is 0 Å². The second-order valence-corrected chi connectivity index (χ2v) is 9.93. The Morgan fingerprint density at radius 1 is 1.03 bits per heavy atom. The maximum absolute atomic E-state index is 13.2. The van der Waals surface area contributed by atoms with Gasteiger partial charge < -0.3 is 10.0 Å². The molecule has 1 fully saturated rings. The van der Waals surface area contributed by atoms with E-state index in [0.29, 0.717) is 11.3 Å². The molecule has 0 spiro atoms. The van der Waals surface area contributed by atoms with E-state index in [4.69, 9.17) is 11.6 Å². The maximum Gasteiger partial charge on any atom is 0.259 e. The van der Waals surface area contributed by atoms with Crippen LogP contribution in [0.3, 0.4) is 0 Å². The maximum atomic E-state index is 13.2. The summed E-state index contributed by atoms with van der Waals surface area (Å²) in [5, 5.41) is 14.7. The Bertz CT molecular complexity index is 1270. The number of nitrogens with zero attached hydrogens (tertiary/aromatic N) is 4. The number of para-hydroxylation sites is 1. The van der Waals surface area contributed by atoms with Gasteiger partial charge in [-0.05, 0) is 43.7 Å². The van der Waals surface area contributed by atoms with Gasteiger partial charge in [0.05, 0.1) is 16.9 Å². The van der Waals surface area contributed by atoms with Crippen LogP contribution in [0, 0.1) is 13.8 Å². The molecule has 3 aromatic rings. The van der Waals surface area contributed by atoms with Crippen molar-refractivity contribution in [1.82, 2.24) is 19.0 Å². The predicted molar refractivity (Wildman–Crippen MR) is 121 cm³/mol. The van der Waals surface area contributed by atoms with Crippen LogP contribution in [0.4, 0.5) is 0 Å². The van der Waals surface area contributed by atoms with E-state index in [-0.39, 0.29) is 47.9 Å². The number of benzene rings is 2. The van der Waals surface area contributed by atoms with Crippen LogP contribution in [0.2, 0.25) is 5.15 Å². The smallest absolute Gasteiger partial charge is 0.259 e. The molecule has 2 aromatic carbocycles. The van der Waals surface area contributed by atoms with Crippen molar-refractivity contribution >= 4 is 27.5 Å². The summed E-state index contributed by atoms with van der Waals surface area (Å²) in [6.45, 7) is 4.13. The lowest BCUT2D eigenvalue weighted by atomic mass is 10.2. The molecule has 0 atom stereocenters. The molecule has 32 heavy (non-hydrogen) atoms. The highest BCUT2D eigenvalue weighted by molar-refractivity contribution is 7.89. The van der Waals surface area contributed by atoms with Gasteiger partial charge >= 0.3 is 0 Å². The first kappa shape index (κ1) is 22.3. The molecule has 1 aliphatic heterocycles. The van der Waals surface area contributed by atoms with Crippen molar-refractivity contribution in [1.29, 1.82) is 0 Å². The number of rotatable bonds is 4. The summed E-state index contributed by atoms with van der Waals surface area (Å²) in [6.07, 6.45) is 0. The SMILES string of the molecule is Cc1ccc(O)c(S(=O)(=O)N2CCN(C(=O)c3c(C)nn(-c4ccccc4)c3Cl)CC2)c1. The molecule has 8 nitrogen and oxygen atoms in total. The third-order valence-corrected chi connectivity index (χ3v) is 7.75. The summed E-state index contributed by atoms with van der Waals surface area (Å²) in [4.78, 5) is 14.6. The van der Waals surface area contributed by atoms with Gasteiger partial charge in [0.1, 0.15) is 15.8 Å². The number of aromatic hydroxyl groups is 1. The number of hydrogen-bond acceptors (Lipinski definition) is 5. The van der Waals surface area contributed by atoms with Gasteiger partial charge in [0.25, 0.3) is 5.91 Å². The summed E-state index contributed by atoms with van der Waals surface area (Å²) >= 11 is 6.51. The minimum absolute atomic E-state index is 0.116. The summed E-state index contributed by atoms with van der Waals surface area (Å²) in [6, 6.07) is 13.7. The van der Waals surface area contributed by atoms with Crippen molar-refractivity contribution in [3.05, 3.63) is 70.5 Å². The minimum Gasteiger partial charge on any atom is -0.507 e. The molecular formula is C22H23ClN4O4S. The van der Waals surface area contributed by atoms with E-state index in [1.54, 1.807) is 24.8 Å². The number of aromatic nitrogens is 2. The van der Waals surface area contributed by atoms with Crippen LogP contribution >= 0.6 is 11.6 Å². The topological polar surface area (TPSA) is 95.7 Å². The molecule has 1 N–H and O–H groups in total. The number of piperazine rings is 1. The highest BCUT2D eigenvalue weighted by Gasteiger charge is 2.34. The lowest BCUT2D eigenvalue weighted by molar-refractivity contribution is 0.0697. The van der Waals surface area contributed by atoms with Crippen LogP contribution in [-0.2, 0) is 10.0 Å². The van der Waals surface area contributed by atoms with E-state index in [2.05, 4.69) is 5.10 Å². The van der Waals surface area contributed by atoms with E-state index in [9.17, 15) is 18.3 Å². The molecule has 10 heteroatoms. The lowest BCUT2D eigenvalue weighted by Gasteiger charge is -2.34. The van der Waals surface area contributed by atoms with Crippen molar-refractivity contribution in [2.45, 2.75) is 18.7 Å². The number of amides is 1. The summed E-state index contributed by atoms with van der Waals surface area (Å²) in [7, 11) is -3.87. The van der Waals surface area contributed by atoms with Gasteiger partial charge in [0.15, 0.2) is 0 Å². The van der Waals surface area contributed by atoms with Gasteiger partial charge in [-0.3, -0.25) is 4.79 Å². The fraction of sp³-hybridized carbons (Fsp3) is 0.273. The second-order valence-electron chi connectivity index (χ2n) is 7.67. The van der Waals surface area contributed by atoms with E-state index >= 15 is 0 Å². The zero-order valence-electron chi connectivity index (χ0n) is 17.7. The summed E-state index contributed by atoms with van der Waals surface area (Å²) in [5.74, 6) is -0.574. The molecule has 0 saturated carbocycles. The highest BCUT2D eigenvalue weighted by Crippen LogP contribution is 2.29. The van der Waals surface area contributed by atoms with Crippen molar-refractivity contribution in [3.8, 4) is 11.4 Å². The normalized spacial score (nSPS) is 15.2. The van der Waals surface area contributed by atoms with Crippen molar-refractivity contribution in [3.63, 3.8) is 0 Å². The Balaban J connectivity index is 1.52. The standard InChI is InChI=1S/C22H23ClN4O4S/c1-15-8-9-18(28)19(14-15)32(30,31)26-12-10-25(11-13-26)22(29)20-16(2)24-27(21(20)23)17-6-4-3-5-7-17/h3-9,14,28H,10-13H2,1-2H3. The quantitative estimate of drug-likeness (QED) is 0.627. The van der Waals surface area contributed by atoms with Crippen LogP contribution in [0.5, 0.6) is 5.75 Å². The van der Waals surface area contributed by atoms with Crippen LogP contribution in [0.1, 0.15) is 21.6 Å². The molecule has 1 aliphatic rings. The van der Waals surface area contributed by atoms with Crippen molar-refractivity contribution < 1.29 is 18.3 Å². The summed E-state index contributed by atoms with van der Waals surface area (Å²) in [5.41, 5.74) is 2.29. The number of phenols is 1. The van der Waals surface area contributed by atoms with Gasteiger partial charge in [-0.15, -0.1) is 0 Å². The number of halogens is 1. The third kappa shape index (κ3) is 3.99. The van der Waals surface area contributed by atoms with Crippen LogP contribution in [0.25, 0.3) is 5.69 Å². The number of carbonyl (C=O) groups excluding carboxylic acids is 1. The molecule has 0 unspecified atom stereocenters. The van der Waals surface area contributed by atoms with Crippen LogP contribution in [-0.4, -0.2) is 64.6 Å². The molecule has 4 rings (SSSR count). The van der Waals surface area contributed by atoms with E-state index in [0.717, 1.165) is 11.3 Å². The Hall–Kier alpha value is -2.88. The van der Waals surface area contributed by atoms with E-state index in [1.807, 2.05) is 30.3 Å². The molecule has 1 amide bonds. The van der Waals surface area contributed by atoms with Gasteiger partial charge in [-0.25, -0.2) is 13.1 Å². The zero-order chi connectivity index (χ0) is 23.0. The Morgan fingerprint density at radius 2 is 1.69 bits per heavy atom. The van der Waals surface area contributed by atoms with Crippen molar-refractivity contribution in [2.75, 3.05) is 26.2 Å². The predicted octanol–water partition coefficient (Wildman–Crippen LogP) is 2.99. The molecule has 2 heterocycles. The van der Waals surface area contributed by atoms with Crippen LogP contribution in [0.15, 0.2) is 53.4 Å². The first-order chi connectivity index (χ1) is 15.2. The lowest BCUT2D eigenvalue weighted by Crippen LogP contribution is -2.50. The van der Waals surface area contributed by atoms with E-state index < -0.39 is 10.0 Å². The molecule has 1 aromatic heterocycles. The highest BCUT2D eigenvalue weighted by atomic mass is 35.5. The van der Waals surface area contributed by atoms with Gasteiger partial charge in [-0.2, -0.15) is 9.40 Å². The second kappa shape index (κ2) is 8.57. The average Bonchev–Trinajstić information content (AvgIpc) is 3.09. The fourth-order valence-electron chi connectivity index (χ4n) is 3.74. The molecule has 168 valence electrons. The first-order valence-electron chi connectivity index (χ1n) is 10.1. The van der Waals surface area contributed by atoms with Gasteiger partial charge in [0.2, 0.25) is 10.0 Å². The number of aryl methyl sites for hydroxylation is 2. The monoisotopic (exact) mass is 474 g/mol. The van der Waals surface area contributed by atoms with Gasteiger partial charge in [0, 0.05) is 26.2 Å². The van der Waals surface area contributed by atoms with Gasteiger partial charge in [-0.1, -0.05) is 35.9 Å². The fourth-order valence-corrected chi connectivity index (χ4v) is 5.68. The molecule has 0 aliphatic carbocycles. The Morgan fingerprint density at radius 3 is 2.34 bits per heavy atom. The summed E-state index contributed by atoms with van der Waals surface area (Å²) < 4.78 is 28.8. The number of carbonyl (C=O) groups is 1. The molecule has 1 saturated heterocycles. The van der Waals surface area contributed by atoms with E-state index in [1.165, 1.54) is 21.1 Å². The number of phenolic OH excluding ortho intramolecular Hbond substituents is 1. The first-order valence-corrected chi connectivity index (χ1v) is 11.9. The molecule has 0 bridgehead atoms. The third-order valence-electron chi connectivity index (χ3n) is 5.48. The van der Waals surface area contributed by atoms with Crippen LogP contribution < -0.4 is 0 Å². The average molecular weight is 475 g/mol. The Labute approximate surface area is 191 Å². The zero-order valence-corrected chi connectivity index (χ0v) is 19.3. The Kier molecular flexibility index (Phi) is 5.98. The number of hydrogen-bond donors (Lipinski definition) is 1. The number of sulfonamides is 1.